The predicted molar refractivity (Wildman–Crippen MR) is 180 cm³/mol. The van der Waals surface area contributed by atoms with Crippen molar-refractivity contribution in [2.75, 3.05) is 5.32 Å². The molecule has 3 aliphatic carbocycles. The van der Waals surface area contributed by atoms with E-state index < -0.39 is 0 Å². The van der Waals surface area contributed by atoms with Gasteiger partial charge in [-0.05, 0) is 54.7 Å². The number of rotatable bonds is 4. The number of aryl methyl sites for hydroxylation is 2. The van der Waals surface area contributed by atoms with Crippen LogP contribution in [0.25, 0.3) is 16.3 Å². The zero-order valence-corrected chi connectivity index (χ0v) is 25.3. The fourth-order valence-electron chi connectivity index (χ4n) is 7.14. The van der Waals surface area contributed by atoms with E-state index in [1.807, 2.05) is 54.6 Å². The maximum absolute atomic E-state index is 13.9. The summed E-state index contributed by atoms with van der Waals surface area (Å²) >= 11 is 0. The van der Waals surface area contributed by atoms with Gasteiger partial charge in [0.2, 0.25) is 0 Å². The first-order chi connectivity index (χ1) is 22.4. The highest BCUT2D eigenvalue weighted by Gasteiger charge is 2.37. The van der Waals surface area contributed by atoms with Gasteiger partial charge in [0.05, 0.1) is 11.4 Å². The Bertz CT molecular complexity index is 2280. The van der Waals surface area contributed by atoms with Gasteiger partial charge in [0, 0.05) is 45.3 Å². The molecule has 0 amide bonds. The van der Waals surface area contributed by atoms with Crippen molar-refractivity contribution in [3.05, 3.63) is 171 Å². The Labute approximate surface area is 266 Å². The van der Waals surface area contributed by atoms with Gasteiger partial charge in [0.15, 0.2) is 0 Å². The van der Waals surface area contributed by atoms with Crippen LogP contribution in [0.2, 0.25) is 0 Å². The Kier molecular flexibility index (Phi) is 5.66. The van der Waals surface area contributed by atoms with Gasteiger partial charge in [-0.1, -0.05) is 113 Å². The van der Waals surface area contributed by atoms with E-state index in [1.54, 1.807) is 0 Å². The van der Waals surface area contributed by atoms with E-state index in [2.05, 4.69) is 79.1 Å². The first kappa shape index (κ1) is 26.5. The van der Waals surface area contributed by atoms with Crippen LogP contribution in [-0.2, 0) is 0 Å². The normalized spacial score (nSPS) is 20.9. The molecule has 2 N–H and O–H groups in total. The number of allylic oxidation sites excluding steroid dienone is 8. The highest BCUT2D eigenvalue weighted by Crippen LogP contribution is 2.51. The lowest BCUT2D eigenvalue weighted by atomic mass is 9.69. The molecule has 0 saturated carbocycles. The summed E-state index contributed by atoms with van der Waals surface area (Å²) in [6, 6.07) is 26.2. The summed E-state index contributed by atoms with van der Waals surface area (Å²) in [6.45, 7) is 4.12. The molecule has 4 aromatic carbocycles. The van der Waals surface area contributed by atoms with Crippen molar-refractivity contribution in [2.45, 2.75) is 13.8 Å². The SMILES string of the molecule is Cc1ccc(C2=NC3=CC=CC4C3=C(C=CC4C3=C([O-])C(c4ccc5c6c(cccc46)NC(c4ccc(C)cc4)=N5)=C3[O-])N2)cc1. The molecular formula is C40H28N4O2-2. The van der Waals surface area contributed by atoms with Crippen LogP contribution in [0.3, 0.4) is 0 Å². The lowest BCUT2D eigenvalue weighted by Gasteiger charge is -2.46. The fraction of sp³-hybridized carbons (Fsp3) is 0.100. The van der Waals surface area contributed by atoms with Gasteiger partial charge in [-0.2, -0.15) is 0 Å². The number of nitrogens with zero attached hydrogens (tertiary/aromatic N) is 2. The first-order valence-corrected chi connectivity index (χ1v) is 15.5. The van der Waals surface area contributed by atoms with E-state index in [1.165, 1.54) is 11.1 Å². The number of benzene rings is 4. The molecule has 0 aromatic heterocycles. The number of anilines is 1. The Morgan fingerprint density at radius 3 is 2.09 bits per heavy atom. The molecule has 4 aromatic rings. The molecule has 222 valence electrons. The van der Waals surface area contributed by atoms with Gasteiger partial charge in [-0.15, -0.1) is 0 Å². The van der Waals surface area contributed by atoms with E-state index >= 15 is 0 Å². The minimum absolute atomic E-state index is 0.157. The van der Waals surface area contributed by atoms with Crippen molar-refractivity contribution < 1.29 is 10.2 Å². The molecule has 0 spiro atoms. The smallest absolute Gasteiger partial charge is 0.138 e. The van der Waals surface area contributed by atoms with E-state index in [-0.39, 0.29) is 28.9 Å². The van der Waals surface area contributed by atoms with Gasteiger partial charge >= 0.3 is 0 Å². The number of nitrogens with one attached hydrogen (secondary N) is 2. The highest BCUT2D eigenvalue weighted by atomic mass is 16.3. The first-order valence-electron chi connectivity index (χ1n) is 15.5. The van der Waals surface area contributed by atoms with Crippen molar-refractivity contribution in [1.29, 1.82) is 0 Å². The van der Waals surface area contributed by atoms with E-state index in [0.717, 1.165) is 61.9 Å². The summed E-state index contributed by atoms with van der Waals surface area (Å²) in [5, 5.41) is 36.6. The molecule has 0 saturated heterocycles. The molecule has 2 heterocycles. The largest absolute Gasteiger partial charge is 0.872 e. The van der Waals surface area contributed by atoms with Crippen LogP contribution in [0, 0.1) is 25.7 Å². The van der Waals surface area contributed by atoms with Gasteiger partial charge in [-0.25, -0.2) is 9.98 Å². The van der Waals surface area contributed by atoms with Crippen molar-refractivity contribution in [2.24, 2.45) is 21.8 Å². The Balaban J connectivity index is 1.05. The minimum Gasteiger partial charge on any atom is -0.872 e. The second-order valence-corrected chi connectivity index (χ2v) is 12.4. The lowest BCUT2D eigenvalue weighted by Crippen LogP contribution is -2.38. The fourth-order valence-corrected chi connectivity index (χ4v) is 7.14. The second-order valence-electron chi connectivity index (χ2n) is 12.4. The standard InChI is InChI=1S/C40H30N4O2/c1-21-9-13-23(14-10-21)39-41-29-7-3-5-25-27(17-19-31(43-39)33(25)29)35-37(45)36(38(35)46)28-18-20-32-34-26(28)6-4-8-30(34)42-40(44-32)24-15-11-22(2)12-16-24/h3-20,25,27,45-46H,1-2H3,(H,41,43)(H,42,44)/p-2. The van der Waals surface area contributed by atoms with Crippen LogP contribution < -0.4 is 20.8 Å². The van der Waals surface area contributed by atoms with Crippen molar-refractivity contribution in [3.63, 3.8) is 0 Å². The van der Waals surface area contributed by atoms with Crippen molar-refractivity contribution in [3.8, 4) is 0 Å². The molecular weight excluding hydrogens is 568 g/mol. The number of aliphatic imine (C=N–C) groups is 2. The Hall–Kier alpha value is -5.88. The number of amidine groups is 2. The van der Waals surface area contributed by atoms with Gasteiger partial charge in [0.25, 0.3) is 0 Å². The summed E-state index contributed by atoms with van der Waals surface area (Å²) in [5.74, 6) is 0.669. The molecule has 0 radical (unpaired) electrons. The molecule has 0 fully saturated rings. The van der Waals surface area contributed by atoms with Gasteiger partial charge in [-0.3, -0.25) is 0 Å². The monoisotopic (exact) mass is 596 g/mol. The zero-order chi connectivity index (χ0) is 31.1. The summed E-state index contributed by atoms with van der Waals surface area (Å²) in [6.07, 6.45) is 10.0. The number of hydrogen-bond donors (Lipinski definition) is 2. The topological polar surface area (TPSA) is 94.9 Å². The molecule has 9 rings (SSSR count). The average Bonchev–Trinajstić information content (AvgIpc) is 3.08. The summed E-state index contributed by atoms with van der Waals surface area (Å²) in [7, 11) is 0. The van der Waals surface area contributed by atoms with Crippen LogP contribution in [0.5, 0.6) is 0 Å². The third kappa shape index (κ3) is 3.90. The molecule has 46 heavy (non-hydrogen) atoms. The van der Waals surface area contributed by atoms with Crippen LogP contribution in [-0.4, -0.2) is 11.7 Å². The summed E-state index contributed by atoms with van der Waals surface area (Å²) in [4.78, 5) is 9.85. The van der Waals surface area contributed by atoms with E-state index in [4.69, 9.17) is 9.98 Å². The predicted octanol–water partition coefficient (Wildman–Crippen LogP) is 6.22. The van der Waals surface area contributed by atoms with E-state index in [0.29, 0.717) is 11.1 Å². The van der Waals surface area contributed by atoms with Crippen LogP contribution >= 0.6 is 0 Å². The molecule has 5 aliphatic rings. The quantitative estimate of drug-likeness (QED) is 0.293. The second kappa shape index (κ2) is 9.81. The van der Waals surface area contributed by atoms with Crippen LogP contribution in [0.4, 0.5) is 11.4 Å². The summed E-state index contributed by atoms with van der Waals surface area (Å²) < 4.78 is 0. The maximum atomic E-state index is 13.9. The third-order valence-electron chi connectivity index (χ3n) is 9.51. The Morgan fingerprint density at radius 1 is 0.674 bits per heavy atom. The van der Waals surface area contributed by atoms with Gasteiger partial charge < -0.3 is 20.8 Å². The Morgan fingerprint density at radius 2 is 1.37 bits per heavy atom. The molecule has 0 bridgehead atoms. The molecule has 6 nitrogen and oxygen atoms in total. The zero-order valence-electron chi connectivity index (χ0n) is 25.3. The highest BCUT2D eigenvalue weighted by molar-refractivity contribution is 6.20. The van der Waals surface area contributed by atoms with Crippen molar-refractivity contribution in [1.82, 2.24) is 5.32 Å². The molecule has 2 unspecified atom stereocenters. The molecule has 2 atom stereocenters. The minimum atomic E-state index is -0.358. The van der Waals surface area contributed by atoms with E-state index in [9.17, 15) is 10.2 Å². The van der Waals surface area contributed by atoms with Crippen LogP contribution in [0.15, 0.2) is 153 Å². The lowest BCUT2D eigenvalue weighted by molar-refractivity contribution is -0.325. The van der Waals surface area contributed by atoms with Gasteiger partial charge in [0.1, 0.15) is 11.7 Å². The molecule has 2 aliphatic heterocycles. The molecule has 6 heteroatoms. The van der Waals surface area contributed by atoms with Crippen LogP contribution in [0.1, 0.15) is 27.8 Å². The maximum Gasteiger partial charge on any atom is 0.138 e. The number of hydrogen-bond acceptors (Lipinski definition) is 6. The summed E-state index contributed by atoms with van der Waals surface area (Å²) in [5.41, 5.74) is 10.1. The average molecular weight is 597 g/mol. The third-order valence-corrected chi connectivity index (χ3v) is 9.51. The van der Waals surface area contributed by atoms with Crippen molar-refractivity contribution >= 4 is 39.4 Å².